The highest BCUT2D eigenvalue weighted by Gasteiger charge is 2.12. The van der Waals surface area contributed by atoms with Gasteiger partial charge in [0, 0.05) is 54.6 Å². The Balaban J connectivity index is 1.36. The molecular weight excluding hydrogens is 432 g/mol. The predicted molar refractivity (Wildman–Crippen MR) is 125 cm³/mol. The summed E-state index contributed by atoms with van der Waals surface area (Å²) in [5.41, 5.74) is 6.07. The molecule has 0 bridgehead atoms. The number of aromatic nitrogens is 7. The van der Waals surface area contributed by atoms with Gasteiger partial charge in [-0.1, -0.05) is 5.16 Å². The van der Waals surface area contributed by atoms with Crippen molar-refractivity contribution in [1.82, 2.24) is 39.4 Å². The van der Waals surface area contributed by atoms with Crippen molar-refractivity contribution in [3.05, 3.63) is 78.0 Å². The number of carbonyl (C=O) groups excluding carboxylic acids is 1. The molecule has 1 amide bonds. The number of carbonyl (C=O) groups is 1. The van der Waals surface area contributed by atoms with Crippen molar-refractivity contribution in [2.24, 2.45) is 7.05 Å². The molecule has 10 nitrogen and oxygen atoms in total. The molecule has 0 atom stereocenters. The molecule has 5 aromatic rings. The number of hydrogen-bond acceptors (Lipinski definition) is 7. The van der Waals surface area contributed by atoms with Crippen LogP contribution in [-0.2, 0) is 18.4 Å². The number of aryl methyl sites for hydroxylation is 3. The molecule has 170 valence electrons. The molecule has 10 heteroatoms. The highest BCUT2D eigenvalue weighted by atomic mass is 16.5. The molecule has 34 heavy (non-hydrogen) atoms. The molecule has 0 fully saturated rings. The lowest BCUT2D eigenvalue weighted by Crippen LogP contribution is -2.16. The average molecular weight is 454 g/mol. The highest BCUT2D eigenvalue weighted by molar-refractivity contribution is 5.64. The number of rotatable bonds is 7. The summed E-state index contributed by atoms with van der Waals surface area (Å²) in [5, 5.41) is 16.6. The van der Waals surface area contributed by atoms with E-state index in [1.807, 2.05) is 68.0 Å². The van der Waals surface area contributed by atoms with Crippen LogP contribution in [-0.4, -0.2) is 45.8 Å². The van der Waals surface area contributed by atoms with Crippen LogP contribution in [0.4, 0.5) is 0 Å². The van der Waals surface area contributed by atoms with Crippen LogP contribution < -0.4 is 0 Å². The van der Waals surface area contributed by atoms with E-state index >= 15 is 0 Å². The molecule has 0 aliphatic rings. The molecule has 0 saturated heterocycles. The second-order valence-electron chi connectivity index (χ2n) is 8.02. The second kappa shape index (κ2) is 8.74. The maximum absolute atomic E-state index is 11.8. The molecule has 5 aromatic heterocycles. The minimum absolute atomic E-state index is 0.243. The van der Waals surface area contributed by atoms with Gasteiger partial charge in [0.2, 0.25) is 6.41 Å². The van der Waals surface area contributed by atoms with E-state index in [0.717, 1.165) is 40.1 Å². The fourth-order valence-corrected chi connectivity index (χ4v) is 3.63. The Morgan fingerprint density at radius 3 is 2.65 bits per heavy atom. The van der Waals surface area contributed by atoms with Crippen LogP contribution >= 0.6 is 0 Å². The zero-order chi connectivity index (χ0) is 23.7. The molecule has 0 unspecified atom stereocenters. The normalized spacial score (nSPS) is 11.5. The van der Waals surface area contributed by atoms with E-state index < -0.39 is 0 Å². The van der Waals surface area contributed by atoms with Crippen LogP contribution in [0, 0.1) is 13.8 Å². The van der Waals surface area contributed by atoms with Gasteiger partial charge in [-0.25, -0.2) is 0 Å². The summed E-state index contributed by atoms with van der Waals surface area (Å²) >= 11 is 0. The van der Waals surface area contributed by atoms with E-state index in [-0.39, 0.29) is 6.54 Å². The van der Waals surface area contributed by atoms with Crippen molar-refractivity contribution in [3.8, 4) is 22.5 Å². The Hall–Kier alpha value is -4.60. The van der Waals surface area contributed by atoms with Gasteiger partial charge in [-0.3, -0.25) is 18.9 Å². The highest BCUT2D eigenvalue weighted by Crippen LogP contribution is 2.22. The lowest BCUT2D eigenvalue weighted by Gasteiger charge is -2.11. The van der Waals surface area contributed by atoms with Crippen LogP contribution in [0.15, 0.2) is 59.8 Å². The topological polar surface area (TPSA) is 107 Å². The summed E-state index contributed by atoms with van der Waals surface area (Å²) < 4.78 is 8.95. The summed E-state index contributed by atoms with van der Waals surface area (Å²) in [6.45, 7) is 4.09. The predicted octanol–water partition coefficient (Wildman–Crippen LogP) is 3.43. The number of pyridine rings is 2. The van der Waals surface area contributed by atoms with E-state index in [1.54, 1.807) is 23.3 Å². The van der Waals surface area contributed by atoms with Crippen LogP contribution in [0.2, 0.25) is 0 Å². The smallest absolute Gasteiger partial charge is 0.214 e. The largest absolute Gasteiger partial charge is 0.356 e. The molecule has 0 radical (unpaired) electrons. The van der Waals surface area contributed by atoms with E-state index in [9.17, 15) is 4.79 Å². The molecule has 0 aliphatic carbocycles. The zero-order valence-corrected chi connectivity index (χ0v) is 19.0. The van der Waals surface area contributed by atoms with E-state index in [4.69, 9.17) is 4.52 Å². The summed E-state index contributed by atoms with van der Waals surface area (Å²) in [6.07, 6.45) is 11.7. The molecule has 5 heterocycles. The van der Waals surface area contributed by atoms with Gasteiger partial charge in [0.1, 0.15) is 0 Å². The average Bonchev–Trinajstić information content (AvgIpc) is 3.57. The summed E-state index contributed by atoms with van der Waals surface area (Å²) in [6, 6.07) is 7.66. The van der Waals surface area contributed by atoms with E-state index in [0.29, 0.717) is 17.2 Å². The zero-order valence-electron chi connectivity index (χ0n) is 19.0. The number of amides is 1. The Morgan fingerprint density at radius 1 is 1.06 bits per heavy atom. The molecule has 0 aromatic carbocycles. The lowest BCUT2D eigenvalue weighted by atomic mass is 10.1. The van der Waals surface area contributed by atoms with Crippen LogP contribution in [0.3, 0.4) is 0 Å². The first-order valence-corrected chi connectivity index (χ1v) is 10.6. The summed E-state index contributed by atoms with van der Waals surface area (Å²) in [7, 11) is 1.88. The van der Waals surface area contributed by atoms with Gasteiger partial charge in [-0.15, -0.1) is 10.2 Å². The Bertz CT molecular complexity index is 1510. The first-order chi connectivity index (χ1) is 16.5. The van der Waals surface area contributed by atoms with Gasteiger partial charge >= 0.3 is 0 Å². The minimum Gasteiger partial charge on any atom is -0.356 e. The third-order valence-corrected chi connectivity index (χ3v) is 5.43. The van der Waals surface area contributed by atoms with Gasteiger partial charge in [-0.05, 0) is 43.7 Å². The van der Waals surface area contributed by atoms with Crippen molar-refractivity contribution in [2.45, 2.75) is 20.4 Å². The lowest BCUT2D eigenvalue weighted by molar-refractivity contribution is -0.116. The minimum atomic E-state index is 0.243. The van der Waals surface area contributed by atoms with Gasteiger partial charge < -0.3 is 9.42 Å². The number of fused-ring (bicyclic) bond motifs is 1. The van der Waals surface area contributed by atoms with Gasteiger partial charge in [0.15, 0.2) is 17.2 Å². The van der Waals surface area contributed by atoms with Crippen molar-refractivity contribution in [2.75, 3.05) is 0 Å². The summed E-state index contributed by atoms with van der Waals surface area (Å²) in [4.78, 5) is 17.8. The molecule has 0 spiro atoms. The van der Waals surface area contributed by atoms with Gasteiger partial charge in [0.25, 0.3) is 0 Å². The van der Waals surface area contributed by atoms with Gasteiger partial charge in [0.05, 0.1) is 24.1 Å². The van der Waals surface area contributed by atoms with E-state index in [1.165, 1.54) is 4.90 Å². The molecular formula is C24H22N8O2. The third-order valence-electron chi connectivity index (χ3n) is 5.43. The first-order valence-electron chi connectivity index (χ1n) is 10.6. The Kier molecular flexibility index (Phi) is 5.46. The fourth-order valence-electron chi connectivity index (χ4n) is 3.63. The molecule has 0 N–H and O–H groups in total. The SMILES string of the molecule is Cc1cc(-c2ccc3nnc(CN(C=O)/C=C\c4ncc(-c5cnn(C)c5)cc4C)n3c2)on1. The second-order valence-corrected chi connectivity index (χ2v) is 8.02. The van der Waals surface area contributed by atoms with Crippen molar-refractivity contribution in [1.29, 1.82) is 0 Å². The van der Waals surface area contributed by atoms with Crippen molar-refractivity contribution >= 4 is 18.1 Å². The van der Waals surface area contributed by atoms with Crippen LogP contribution in [0.25, 0.3) is 34.2 Å². The van der Waals surface area contributed by atoms with E-state index in [2.05, 4.69) is 25.4 Å². The first kappa shape index (κ1) is 21.3. The maximum Gasteiger partial charge on any atom is 0.214 e. The number of nitrogens with zero attached hydrogens (tertiary/aromatic N) is 8. The van der Waals surface area contributed by atoms with Crippen molar-refractivity contribution < 1.29 is 9.32 Å². The molecule has 0 aliphatic heterocycles. The van der Waals surface area contributed by atoms with Crippen LogP contribution in [0.5, 0.6) is 0 Å². The third kappa shape index (κ3) is 4.20. The number of hydrogen-bond donors (Lipinski definition) is 0. The quantitative estimate of drug-likeness (QED) is 0.347. The monoisotopic (exact) mass is 454 g/mol. The summed E-state index contributed by atoms with van der Waals surface area (Å²) in [5.74, 6) is 1.27. The molecule has 5 rings (SSSR count). The fraction of sp³-hybridized carbons (Fsp3) is 0.167. The van der Waals surface area contributed by atoms with Gasteiger partial charge in [-0.2, -0.15) is 5.10 Å². The Labute approximate surface area is 195 Å². The van der Waals surface area contributed by atoms with Crippen molar-refractivity contribution in [3.63, 3.8) is 0 Å². The Morgan fingerprint density at radius 2 is 1.94 bits per heavy atom. The molecule has 0 saturated carbocycles. The standard InChI is InChI=1S/C24H22N8O2/c1-16-8-19(20-11-26-30(3)12-20)10-25-21(16)6-7-31(15-33)14-24-28-27-23-5-4-18(13-32(23)24)22-9-17(2)29-34-22/h4-13,15H,14H2,1-3H3/b7-6-. The maximum atomic E-state index is 11.8. The van der Waals surface area contributed by atoms with Crippen LogP contribution in [0.1, 0.15) is 22.8 Å².